The molecule has 28 heavy (non-hydrogen) atoms. The van der Waals surface area contributed by atoms with Gasteiger partial charge in [0.1, 0.15) is 17.3 Å². The van der Waals surface area contributed by atoms with E-state index in [0.717, 1.165) is 34.5 Å². The number of ether oxygens (including phenoxy) is 2. The van der Waals surface area contributed by atoms with Gasteiger partial charge in [-0.25, -0.2) is 0 Å². The molecule has 1 aliphatic rings. The van der Waals surface area contributed by atoms with Crippen LogP contribution >= 0.6 is 0 Å². The minimum Gasteiger partial charge on any atom is -0.494 e. The van der Waals surface area contributed by atoms with Crippen molar-refractivity contribution >= 4 is 12.0 Å². The molecule has 0 N–H and O–H groups in total. The Morgan fingerprint density at radius 3 is 2.36 bits per heavy atom. The topological polar surface area (TPSA) is 35.5 Å². The maximum atomic E-state index is 12.2. The zero-order valence-electron chi connectivity index (χ0n) is 16.0. The fraction of sp³-hybridized carbons (Fsp3) is 0.160. The first-order valence-electron chi connectivity index (χ1n) is 9.47. The Balaban J connectivity index is 1.86. The number of hydrogen-bond donors (Lipinski definition) is 0. The molecule has 1 aliphatic heterocycles. The average Bonchev–Trinajstić information content (AvgIpc) is 2.74. The summed E-state index contributed by atoms with van der Waals surface area (Å²) < 4.78 is 11.7. The first kappa shape index (κ1) is 18.1. The summed E-state index contributed by atoms with van der Waals surface area (Å²) in [5.41, 5.74) is 4.76. The second-order valence-corrected chi connectivity index (χ2v) is 6.84. The molecule has 0 saturated carbocycles. The molecule has 3 aromatic rings. The highest BCUT2D eigenvalue weighted by molar-refractivity contribution is 5.91. The van der Waals surface area contributed by atoms with Crippen LogP contribution in [0.2, 0.25) is 0 Å². The number of hydrogen-bond acceptors (Lipinski definition) is 3. The van der Waals surface area contributed by atoms with E-state index < -0.39 is 0 Å². The smallest absolute Gasteiger partial charge is 0.150 e. The molecule has 140 valence electrons. The highest BCUT2D eigenvalue weighted by atomic mass is 16.5. The van der Waals surface area contributed by atoms with Crippen LogP contribution < -0.4 is 9.47 Å². The third-order valence-electron chi connectivity index (χ3n) is 4.98. The standard InChI is InChI=1S/C25H22O3/c1-3-27-20-14-12-19(13-15-20)25-22(16-26)24(18-10-8-17(2)9-11-18)21-6-4-5-7-23(21)28-25/h4-16,24H,3H2,1-2H3/t24-/m0/s1. The van der Waals surface area contributed by atoms with Crippen molar-refractivity contribution < 1.29 is 14.3 Å². The Hall–Kier alpha value is -3.33. The summed E-state index contributed by atoms with van der Waals surface area (Å²) in [7, 11) is 0. The van der Waals surface area contributed by atoms with Crippen molar-refractivity contribution in [1.82, 2.24) is 0 Å². The lowest BCUT2D eigenvalue weighted by Gasteiger charge is -2.29. The van der Waals surface area contributed by atoms with Gasteiger partial charge < -0.3 is 9.47 Å². The molecule has 3 heteroatoms. The molecule has 0 saturated heterocycles. The number of para-hydroxylation sites is 1. The minimum atomic E-state index is -0.162. The normalized spacial score (nSPS) is 15.6. The van der Waals surface area contributed by atoms with Crippen LogP contribution in [-0.4, -0.2) is 12.9 Å². The van der Waals surface area contributed by atoms with Gasteiger partial charge in [0.15, 0.2) is 6.29 Å². The van der Waals surface area contributed by atoms with E-state index in [0.29, 0.717) is 17.9 Å². The van der Waals surface area contributed by atoms with Crippen LogP contribution in [0.1, 0.15) is 35.1 Å². The molecule has 0 amide bonds. The quantitative estimate of drug-likeness (QED) is 0.554. The van der Waals surface area contributed by atoms with Gasteiger partial charge in [-0.15, -0.1) is 0 Å². The van der Waals surface area contributed by atoms with Gasteiger partial charge in [-0.05, 0) is 49.7 Å². The van der Waals surface area contributed by atoms with E-state index in [2.05, 4.69) is 31.2 Å². The summed E-state index contributed by atoms with van der Waals surface area (Å²) in [5.74, 6) is 2.01. The van der Waals surface area contributed by atoms with Crippen molar-refractivity contribution in [3.05, 3.63) is 101 Å². The van der Waals surface area contributed by atoms with Gasteiger partial charge in [0.25, 0.3) is 0 Å². The van der Waals surface area contributed by atoms with Gasteiger partial charge >= 0.3 is 0 Å². The van der Waals surface area contributed by atoms with Gasteiger partial charge in [-0.1, -0.05) is 48.0 Å². The van der Waals surface area contributed by atoms with Crippen molar-refractivity contribution in [3.8, 4) is 11.5 Å². The van der Waals surface area contributed by atoms with Crippen LogP contribution in [0.15, 0.2) is 78.4 Å². The van der Waals surface area contributed by atoms with Crippen LogP contribution in [0.5, 0.6) is 11.5 Å². The second-order valence-electron chi connectivity index (χ2n) is 6.84. The van der Waals surface area contributed by atoms with Crippen molar-refractivity contribution in [1.29, 1.82) is 0 Å². The number of aryl methyl sites for hydroxylation is 1. The first-order valence-corrected chi connectivity index (χ1v) is 9.47. The summed E-state index contributed by atoms with van der Waals surface area (Å²) in [4.78, 5) is 12.2. The Bertz CT molecular complexity index is 1010. The Morgan fingerprint density at radius 1 is 0.964 bits per heavy atom. The van der Waals surface area contributed by atoms with E-state index in [1.54, 1.807) is 0 Å². The molecule has 3 aromatic carbocycles. The van der Waals surface area contributed by atoms with Crippen molar-refractivity contribution in [2.45, 2.75) is 19.8 Å². The molecule has 1 atom stereocenters. The summed E-state index contributed by atoms with van der Waals surface area (Å²) in [6, 6.07) is 23.9. The summed E-state index contributed by atoms with van der Waals surface area (Å²) in [5, 5.41) is 0. The highest BCUT2D eigenvalue weighted by Gasteiger charge is 2.31. The summed E-state index contributed by atoms with van der Waals surface area (Å²) >= 11 is 0. The van der Waals surface area contributed by atoms with E-state index in [1.807, 2.05) is 55.5 Å². The molecule has 0 aliphatic carbocycles. The van der Waals surface area contributed by atoms with Gasteiger partial charge in [0.05, 0.1) is 6.61 Å². The Labute approximate surface area is 165 Å². The molecule has 0 bridgehead atoms. The van der Waals surface area contributed by atoms with Crippen molar-refractivity contribution in [2.75, 3.05) is 6.61 Å². The van der Waals surface area contributed by atoms with E-state index in [1.165, 1.54) is 5.56 Å². The first-order chi connectivity index (χ1) is 13.7. The highest BCUT2D eigenvalue weighted by Crippen LogP contribution is 2.45. The van der Waals surface area contributed by atoms with Gasteiger partial charge in [-0.3, -0.25) is 4.79 Å². The summed E-state index contributed by atoms with van der Waals surface area (Å²) in [6.45, 7) is 4.62. The predicted octanol–water partition coefficient (Wildman–Crippen LogP) is 5.53. The Kier molecular flexibility index (Phi) is 4.98. The lowest BCUT2D eigenvalue weighted by molar-refractivity contribution is -0.105. The third-order valence-corrected chi connectivity index (χ3v) is 4.98. The molecule has 0 unspecified atom stereocenters. The number of rotatable bonds is 5. The molecule has 3 nitrogen and oxygen atoms in total. The summed E-state index contributed by atoms with van der Waals surface area (Å²) in [6.07, 6.45) is 0.923. The number of benzene rings is 3. The van der Waals surface area contributed by atoms with Crippen LogP contribution in [0.3, 0.4) is 0 Å². The predicted molar refractivity (Wildman–Crippen MR) is 111 cm³/mol. The molecule has 1 heterocycles. The average molecular weight is 370 g/mol. The zero-order valence-corrected chi connectivity index (χ0v) is 16.0. The molecular weight excluding hydrogens is 348 g/mol. The molecule has 0 radical (unpaired) electrons. The molecule has 0 aromatic heterocycles. The maximum absolute atomic E-state index is 12.2. The third kappa shape index (κ3) is 3.31. The lowest BCUT2D eigenvalue weighted by atomic mass is 9.81. The monoisotopic (exact) mass is 370 g/mol. The lowest BCUT2D eigenvalue weighted by Crippen LogP contribution is -2.17. The SMILES string of the molecule is CCOc1ccc(C2=C(C=O)[C@@H](c3ccc(C)cc3)c3ccccc3O2)cc1. The van der Waals surface area contributed by atoms with Crippen LogP contribution in [0, 0.1) is 6.92 Å². The number of allylic oxidation sites excluding steroid dienone is 1. The van der Waals surface area contributed by atoms with E-state index in [4.69, 9.17) is 9.47 Å². The van der Waals surface area contributed by atoms with Crippen molar-refractivity contribution in [2.24, 2.45) is 0 Å². The largest absolute Gasteiger partial charge is 0.494 e. The van der Waals surface area contributed by atoms with E-state index in [9.17, 15) is 4.79 Å². The number of carbonyl (C=O) groups is 1. The minimum absolute atomic E-state index is 0.162. The molecule has 4 rings (SSSR count). The van der Waals surface area contributed by atoms with Gasteiger partial charge in [0.2, 0.25) is 0 Å². The molecular formula is C25H22O3. The van der Waals surface area contributed by atoms with E-state index >= 15 is 0 Å². The van der Waals surface area contributed by atoms with E-state index in [-0.39, 0.29) is 5.92 Å². The zero-order chi connectivity index (χ0) is 19.5. The van der Waals surface area contributed by atoms with Gasteiger partial charge in [-0.2, -0.15) is 0 Å². The van der Waals surface area contributed by atoms with Crippen LogP contribution in [-0.2, 0) is 4.79 Å². The number of carbonyl (C=O) groups excluding carboxylic acids is 1. The van der Waals surface area contributed by atoms with Crippen molar-refractivity contribution in [3.63, 3.8) is 0 Å². The maximum Gasteiger partial charge on any atom is 0.150 e. The fourth-order valence-corrected chi connectivity index (χ4v) is 3.61. The number of aldehydes is 1. The number of fused-ring (bicyclic) bond motifs is 1. The second kappa shape index (κ2) is 7.73. The van der Waals surface area contributed by atoms with Crippen LogP contribution in [0.25, 0.3) is 5.76 Å². The van der Waals surface area contributed by atoms with Gasteiger partial charge in [0, 0.05) is 22.6 Å². The molecule has 0 fully saturated rings. The Morgan fingerprint density at radius 2 is 1.68 bits per heavy atom. The fourth-order valence-electron chi connectivity index (χ4n) is 3.61. The molecule has 0 spiro atoms. The van der Waals surface area contributed by atoms with Crippen LogP contribution in [0.4, 0.5) is 0 Å².